The molecule has 0 radical (unpaired) electrons. The third kappa shape index (κ3) is 5.82. The van der Waals surface area contributed by atoms with Gasteiger partial charge in [-0.05, 0) is 19.1 Å². The van der Waals surface area contributed by atoms with E-state index in [4.69, 9.17) is 9.47 Å². The molecule has 0 fully saturated rings. The molecule has 6 nitrogen and oxygen atoms in total. The third-order valence-electron chi connectivity index (χ3n) is 5.22. The topological polar surface area (TPSA) is 63.7 Å². The number of hydrogen-bond acceptors (Lipinski definition) is 7. The number of ether oxygens (including phenoxy) is 2. The van der Waals surface area contributed by atoms with Gasteiger partial charge in [0.2, 0.25) is 5.91 Å². The molecule has 1 aliphatic heterocycles. The second-order valence-corrected chi connectivity index (χ2v) is 9.67. The molecule has 0 spiro atoms. The van der Waals surface area contributed by atoms with Crippen LogP contribution in [0.1, 0.15) is 22.9 Å². The molecular formula is C24H27N3O3S2. The minimum Gasteiger partial charge on any atom is -0.496 e. The Labute approximate surface area is 197 Å². The van der Waals surface area contributed by atoms with Gasteiger partial charge in [0.05, 0.1) is 12.9 Å². The molecule has 168 valence electrons. The number of nitrogens with one attached hydrogen (secondary N) is 1. The van der Waals surface area contributed by atoms with Crippen molar-refractivity contribution in [2.75, 3.05) is 32.5 Å². The van der Waals surface area contributed by atoms with Crippen molar-refractivity contribution < 1.29 is 14.3 Å². The smallest absolute Gasteiger partial charge is 0.230 e. The van der Waals surface area contributed by atoms with Gasteiger partial charge < -0.3 is 14.8 Å². The molecule has 1 N–H and O–H groups in total. The number of thioether (sulfide) groups is 1. The van der Waals surface area contributed by atoms with Crippen LogP contribution in [0.5, 0.6) is 11.5 Å². The number of fused-ring (bicyclic) bond motifs is 1. The van der Waals surface area contributed by atoms with Gasteiger partial charge in [-0.3, -0.25) is 9.69 Å². The maximum atomic E-state index is 12.3. The van der Waals surface area contributed by atoms with E-state index >= 15 is 0 Å². The number of nitrogens with zero attached hydrogens (tertiary/aromatic N) is 2. The summed E-state index contributed by atoms with van der Waals surface area (Å²) in [5.41, 5.74) is 3.16. The van der Waals surface area contributed by atoms with Crippen LogP contribution in [-0.2, 0) is 11.3 Å². The van der Waals surface area contributed by atoms with E-state index in [-0.39, 0.29) is 12.0 Å². The van der Waals surface area contributed by atoms with E-state index in [1.54, 1.807) is 18.4 Å². The molecule has 1 atom stereocenters. The third-order valence-corrected chi connectivity index (χ3v) is 7.36. The molecule has 8 heteroatoms. The summed E-state index contributed by atoms with van der Waals surface area (Å²) in [5, 5.41) is 5.04. The van der Waals surface area contributed by atoms with E-state index < -0.39 is 0 Å². The van der Waals surface area contributed by atoms with Crippen LogP contribution in [0.3, 0.4) is 0 Å². The first-order valence-corrected chi connectivity index (χ1v) is 12.4. The van der Waals surface area contributed by atoms with Crippen molar-refractivity contribution in [3.8, 4) is 11.5 Å². The van der Waals surface area contributed by atoms with Crippen molar-refractivity contribution in [3.05, 3.63) is 70.7 Å². The molecule has 32 heavy (non-hydrogen) atoms. The number of para-hydroxylation sites is 2. The van der Waals surface area contributed by atoms with Gasteiger partial charge >= 0.3 is 0 Å². The standard InChI is InChI=1S/C24H27N3O3S2/c1-17-15-31-24(26-17)32-16-23(28)25-11-12-27-13-18-7-3-5-9-20(18)30-22(14-27)19-8-4-6-10-21(19)29-2/h3-10,15,22H,11-14,16H2,1-2H3,(H,25,28)/t22-/m1/s1. The first-order valence-electron chi connectivity index (χ1n) is 10.5. The lowest BCUT2D eigenvalue weighted by molar-refractivity contribution is -0.118. The summed E-state index contributed by atoms with van der Waals surface area (Å²) in [7, 11) is 1.68. The van der Waals surface area contributed by atoms with Crippen LogP contribution in [0.4, 0.5) is 0 Å². The second-order valence-electron chi connectivity index (χ2n) is 7.58. The summed E-state index contributed by atoms with van der Waals surface area (Å²) in [5.74, 6) is 2.11. The van der Waals surface area contributed by atoms with Crippen molar-refractivity contribution in [2.24, 2.45) is 0 Å². The summed E-state index contributed by atoms with van der Waals surface area (Å²) in [4.78, 5) is 19.0. The molecule has 0 bridgehead atoms. The normalized spacial score (nSPS) is 16.0. The number of benzene rings is 2. The average Bonchev–Trinajstić information content (AvgIpc) is 3.13. The maximum Gasteiger partial charge on any atom is 0.230 e. The monoisotopic (exact) mass is 469 g/mol. The van der Waals surface area contributed by atoms with E-state index in [2.05, 4.69) is 27.3 Å². The first-order chi connectivity index (χ1) is 15.6. The molecule has 1 aromatic heterocycles. The van der Waals surface area contributed by atoms with Gasteiger partial charge in [-0.1, -0.05) is 48.2 Å². The van der Waals surface area contributed by atoms with Gasteiger partial charge in [0.25, 0.3) is 0 Å². The Morgan fingerprint density at radius 1 is 1.28 bits per heavy atom. The number of hydrogen-bond donors (Lipinski definition) is 1. The number of amides is 1. The van der Waals surface area contributed by atoms with E-state index in [1.807, 2.05) is 48.7 Å². The van der Waals surface area contributed by atoms with Crippen LogP contribution in [-0.4, -0.2) is 48.3 Å². The van der Waals surface area contributed by atoms with Gasteiger partial charge in [0.15, 0.2) is 4.34 Å². The molecule has 1 amide bonds. The lowest BCUT2D eigenvalue weighted by Crippen LogP contribution is -2.37. The Balaban J connectivity index is 1.38. The van der Waals surface area contributed by atoms with Gasteiger partial charge in [-0.15, -0.1) is 11.3 Å². The maximum absolute atomic E-state index is 12.3. The zero-order chi connectivity index (χ0) is 22.3. The molecule has 4 rings (SSSR count). The summed E-state index contributed by atoms with van der Waals surface area (Å²) in [6.07, 6.45) is -0.158. The van der Waals surface area contributed by atoms with Gasteiger partial charge in [-0.25, -0.2) is 4.98 Å². The van der Waals surface area contributed by atoms with E-state index in [9.17, 15) is 4.79 Å². The highest BCUT2D eigenvalue weighted by Crippen LogP contribution is 2.34. The number of methoxy groups -OCH3 is 1. The van der Waals surface area contributed by atoms with Gasteiger partial charge in [-0.2, -0.15) is 0 Å². The Hall–Kier alpha value is -2.55. The number of carbonyl (C=O) groups excluding carboxylic acids is 1. The Bertz CT molecular complexity index is 1060. The van der Waals surface area contributed by atoms with Crippen LogP contribution in [0.25, 0.3) is 0 Å². The van der Waals surface area contributed by atoms with Crippen molar-refractivity contribution in [1.82, 2.24) is 15.2 Å². The van der Waals surface area contributed by atoms with Crippen LogP contribution in [0.15, 0.2) is 58.3 Å². The fraction of sp³-hybridized carbons (Fsp3) is 0.333. The molecular weight excluding hydrogens is 442 g/mol. The van der Waals surface area contributed by atoms with E-state index in [1.165, 1.54) is 11.8 Å². The molecule has 0 saturated heterocycles. The lowest BCUT2D eigenvalue weighted by Gasteiger charge is -2.25. The predicted octanol–water partition coefficient (Wildman–Crippen LogP) is 4.30. The first kappa shape index (κ1) is 22.6. The Morgan fingerprint density at radius 2 is 2.09 bits per heavy atom. The van der Waals surface area contributed by atoms with Crippen LogP contribution < -0.4 is 14.8 Å². The molecule has 0 aliphatic carbocycles. The molecule has 1 aliphatic rings. The second kappa shape index (κ2) is 10.8. The van der Waals surface area contributed by atoms with Crippen LogP contribution >= 0.6 is 23.1 Å². The quantitative estimate of drug-likeness (QED) is 0.496. The Kier molecular flexibility index (Phi) is 7.68. The number of carbonyl (C=O) groups is 1. The molecule has 2 aromatic carbocycles. The number of aromatic nitrogens is 1. The minimum absolute atomic E-state index is 0.0237. The lowest BCUT2D eigenvalue weighted by atomic mass is 10.1. The van der Waals surface area contributed by atoms with Gasteiger partial charge in [0, 0.05) is 48.4 Å². The molecule has 3 aromatic rings. The highest BCUT2D eigenvalue weighted by molar-refractivity contribution is 8.01. The predicted molar refractivity (Wildman–Crippen MR) is 129 cm³/mol. The summed E-state index contributed by atoms with van der Waals surface area (Å²) in [6, 6.07) is 16.1. The van der Waals surface area contributed by atoms with Crippen LogP contribution in [0.2, 0.25) is 0 Å². The Morgan fingerprint density at radius 3 is 2.91 bits per heavy atom. The summed E-state index contributed by atoms with van der Waals surface area (Å²) < 4.78 is 12.9. The number of aryl methyl sites for hydroxylation is 1. The molecule has 0 saturated carbocycles. The SMILES string of the molecule is COc1ccccc1[C@H]1CN(CCNC(=O)CSc2nc(C)cs2)Cc2ccccc2O1. The highest BCUT2D eigenvalue weighted by Gasteiger charge is 2.26. The minimum atomic E-state index is -0.158. The van der Waals surface area contributed by atoms with Crippen molar-refractivity contribution in [2.45, 2.75) is 23.9 Å². The number of rotatable bonds is 8. The van der Waals surface area contributed by atoms with Crippen LogP contribution in [0, 0.1) is 6.92 Å². The average molecular weight is 470 g/mol. The van der Waals surface area contributed by atoms with Crippen molar-refractivity contribution >= 4 is 29.0 Å². The van der Waals surface area contributed by atoms with Crippen molar-refractivity contribution in [1.29, 1.82) is 0 Å². The molecule has 2 heterocycles. The fourth-order valence-electron chi connectivity index (χ4n) is 3.67. The molecule has 0 unspecified atom stereocenters. The van der Waals surface area contributed by atoms with Crippen molar-refractivity contribution in [3.63, 3.8) is 0 Å². The van der Waals surface area contributed by atoms with E-state index in [0.717, 1.165) is 45.7 Å². The van der Waals surface area contributed by atoms with Gasteiger partial charge in [0.1, 0.15) is 17.6 Å². The zero-order valence-corrected chi connectivity index (χ0v) is 19.9. The largest absolute Gasteiger partial charge is 0.496 e. The zero-order valence-electron chi connectivity index (χ0n) is 18.2. The summed E-state index contributed by atoms with van der Waals surface area (Å²) >= 11 is 3.05. The van der Waals surface area contributed by atoms with E-state index in [0.29, 0.717) is 18.8 Å². The fourth-order valence-corrected chi connectivity index (χ4v) is 5.35. The highest BCUT2D eigenvalue weighted by atomic mass is 32.2. The summed E-state index contributed by atoms with van der Waals surface area (Å²) in [6.45, 7) is 4.75. The number of thiazole rings is 1.